The first kappa shape index (κ1) is 20.2. The molecule has 1 aliphatic heterocycles. The van der Waals surface area contributed by atoms with Gasteiger partial charge in [-0.25, -0.2) is 4.98 Å². The number of piperazine rings is 1. The summed E-state index contributed by atoms with van der Waals surface area (Å²) in [6, 6.07) is 14.0. The van der Waals surface area contributed by atoms with Gasteiger partial charge in [-0.2, -0.15) is 0 Å². The van der Waals surface area contributed by atoms with Gasteiger partial charge in [-0.05, 0) is 29.8 Å². The number of aryl methyl sites for hydroxylation is 1. The van der Waals surface area contributed by atoms with Crippen LogP contribution in [0.5, 0.6) is 11.5 Å². The second-order valence-corrected chi connectivity index (χ2v) is 7.55. The molecule has 2 aromatic carbocycles. The SMILES string of the molecule is COc1ccc(CN2CCN(C(=O)CCc3nc4ccccc4[nH]3)CC2)cc1OC. The van der Waals surface area contributed by atoms with Gasteiger partial charge in [-0.15, -0.1) is 0 Å². The van der Waals surface area contributed by atoms with Crippen LogP contribution in [-0.4, -0.2) is 66.1 Å². The Hall–Kier alpha value is -3.06. The zero-order chi connectivity index (χ0) is 20.9. The highest BCUT2D eigenvalue weighted by molar-refractivity contribution is 5.77. The van der Waals surface area contributed by atoms with Gasteiger partial charge in [0.25, 0.3) is 0 Å². The maximum absolute atomic E-state index is 12.6. The molecule has 3 aromatic rings. The molecule has 158 valence electrons. The summed E-state index contributed by atoms with van der Waals surface area (Å²) in [5, 5.41) is 0. The van der Waals surface area contributed by atoms with Gasteiger partial charge in [0.2, 0.25) is 5.91 Å². The predicted octanol–water partition coefficient (Wildman–Crippen LogP) is 2.86. The van der Waals surface area contributed by atoms with Gasteiger partial charge in [0.15, 0.2) is 11.5 Å². The minimum Gasteiger partial charge on any atom is -0.493 e. The van der Waals surface area contributed by atoms with E-state index in [0.29, 0.717) is 12.8 Å². The van der Waals surface area contributed by atoms with E-state index in [-0.39, 0.29) is 5.91 Å². The number of hydrogen-bond acceptors (Lipinski definition) is 5. The first-order valence-corrected chi connectivity index (χ1v) is 10.3. The smallest absolute Gasteiger partial charge is 0.223 e. The Morgan fingerprint density at radius 2 is 1.80 bits per heavy atom. The summed E-state index contributed by atoms with van der Waals surface area (Å²) >= 11 is 0. The summed E-state index contributed by atoms with van der Waals surface area (Å²) in [5.74, 6) is 2.55. The highest BCUT2D eigenvalue weighted by Gasteiger charge is 2.21. The average molecular weight is 409 g/mol. The molecule has 0 saturated carbocycles. The third-order valence-corrected chi connectivity index (χ3v) is 5.59. The van der Waals surface area contributed by atoms with Crippen molar-refractivity contribution in [3.8, 4) is 11.5 Å². The van der Waals surface area contributed by atoms with Crippen molar-refractivity contribution in [2.45, 2.75) is 19.4 Å². The molecule has 7 heteroatoms. The normalized spacial score (nSPS) is 14.8. The van der Waals surface area contributed by atoms with Crippen LogP contribution < -0.4 is 9.47 Å². The Bertz CT molecular complexity index is 976. The molecule has 1 N–H and O–H groups in total. The number of benzene rings is 2. The molecule has 0 aliphatic carbocycles. The predicted molar refractivity (Wildman–Crippen MR) is 116 cm³/mol. The minimum absolute atomic E-state index is 0.196. The van der Waals surface area contributed by atoms with Crippen LogP contribution >= 0.6 is 0 Å². The number of carbonyl (C=O) groups excluding carboxylic acids is 1. The quantitative estimate of drug-likeness (QED) is 0.651. The Balaban J connectivity index is 1.26. The lowest BCUT2D eigenvalue weighted by molar-refractivity contribution is -0.133. The fourth-order valence-corrected chi connectivity index (χ4v) is 3.90. The summed E-state index contributed by atoms with van der Waals surface area (Å²) < 4.78 is 10.7. The molecule has 7 nitrogen and oxygen atoms in total. The van der Waals surface area contributed by atoms with Crippen molar-refractivity contribution < 1.29 is 14.3 Å². The zero-order valence-electron chi connectivity index (χ0n) is 17.6. The van der Waals surface area contributed by atoms with E-state index in [0.717, 1.165) is 61.1 Å². The molecule has 0 atom stereocenters. The molecule has 1 aliphatic rings. The molecule has 1 amide bonds. The number of para-hydroxylation sites is 2. The second kappa shape index (κ2) is 9.17. The van der Waals surface area contributed by atoms with Crippen LogP contribution in [-0.2, 0) is 17.8 Å². The Morgan fingerprint density at radius 1 is 1.03 bits per heavy atom. The molecule has 30 heavy (non-hydrogen) atoms. The molecule has 1 aromatic heterocycles. The summed E-state index contributed by atoms with van der Waals surface area (Å²) in [5.41, 5.74) is 3.14. The standard InChI is InChI=1S/C23H28N4O3/c1-29-20-8-7-17(15-21(20)30-2)16-26-11-13-27(14-12-26)23(28)10-9-22-24-18-5-3-4-6-19(18)25-22/h3-8,15H,9-14,16H2,1-2H3,(H,24,25). The summed E-state index contributed by atoms with van der Waals surface area (Å²) in [6.45, 7) is 4.08. The summed E-state index contributed by atoms with van der Waals surface area (Å²) in [7, 11) is 3.29. The fraction of sp³-hybridized carbons (Fsp3) is 0.391. The first-order valence-electron chi connectivity index (χ1n) is 10.3. The number of methoxy groups -OCH3 is 2. The highest BCUT2D eigenvalue weighted by atomic mass is 16.5. The lowest BCUT2D eigenvalue weighted by atomic mass is 10.1. The number of rotatable bonds is 7. The largest absolute Gasteiger partial charge is 0.493 e. The molecule has 0 unspecified atom stereocenters. The topological polar surface area (TPSA) is 70.7 Å². The molecule has 1 fully saturated rings. The molecule has 0 radical (unpaired) electrons. The molecular formula is C23H28N4O3. The number of aromatic nitrogens is 2. The number of ether oxygens (including phenoxy) is 2. The van der Waals surface area contributed by atoms with Gasteiger partial charge >= 0.3 is 0 Å². The van der Waals surface area contributed by atoms with Crippen molar-refractivity contribution >= 4 is 16.9 Å². The number of carbonyl (C=O) groups is 1. The molecular weight excluding hydrogens is 380 g/mol. The van der Waals surface area contributed by atoms with Crippen LogP contribution in [0.15, 0.2) is 42.5 Å². The summed E-state index contributed by atoms with van der Waals surface area (Å²) in [6.07, 6.45) is 1.12. The number of H-pyrrole nitrogens is 1. The lowest BCUT2D eigenvalue weighted by Crippen LogP contribution is -2.48. The van der Waals surface area contributed by atoms with E-state index in [1.807, 2.05) is 41.3 Å². The number of nitrogens with zero attached hydrogens (tertiary/aromatic N) is 3. The van der Waals surface area contributed by atoms with Crippen LogP contribution in [0.4, 0.5) is 0 Å². The lowest BCUT2D eigenvalue weighted by Gasteiger charge is -2.34. The van der Waals surface area contributed by atoms with Gasteiger partial charge in [-0.1, -0.05) is 18.2 Å². The number of imidazole rings is 1. The van der Waals surface area contributed by atoms with Gasteiger partial charge in [0, 0.05) is 45.6 Å². The number of nitrogens with one attached hydrogen (secondary N) is 1. The number of hydrogen-bond donors (Lipinski definition) is 1. The van der Waals surface area contributed by atoms with Gasteiger partial charge in [0.1, 0.15) is 5.82 Å². The van der Waals surface area contributed by atoms with Crippen LogP contribution in [0.2, 0.25) is 0 Å². The van der Waals surface area contributed by atoms with E-state index in [2.05, 4.69) is 20.9 Å². The highest BCUT2D eigenvalue weighted by Crippen LogP contribution is 2.28. The molecule has 0 spiro atoms. The van der Waals surface area contributed by atoms with Crippen LogP contribution in [0.25, 0.3) is 11.0 Å². The van der Waals surface area contributed by atoms with Crippen molar-refractivity contribution in [2.24, 2.45) is 0 Å². The summed E-state index contributed by atoms with van der Waals surface area (Å²) in [4.78, 5) is 24.8. The Morgan fingerprint density at radius 3 is 2.53 bits per heavy atom. The molecule has 1 saturated heterocycles. The van der Waals surface area contributed by atoms with Crippen molar-refractivity contribution in [2.75, 3.05) is 40.4 Å². The maximum atomic E-state index is 12.6. The van der Waals surface area contributed by atoms with Crippen molar-refractivity contribution in [3.05, 3.63) is 53.9 Å². The number of fused-ring (bicyclic) bond motifs is 1. The third kappa shape index (κ3) is 4.57. The minimum atomic E-state index is 0.196. The number of aromatic amines is 1. The Kier molecular flexibility index (Phi) is 6.18. The van der Waals surface area contributed by atoms with E-state index >= 15 is 0 Å². The first-order chi connectivity index (χ1) is 14.7. The van der Waals surface area contributed by atoms with Crippen molar-refractivity contribution in [1.82, 2.24) is 19.8 Å². The van der Waals surface area contributed by atoms with Gasteiger partial charge in [0.05, 0.1) is 25.3 Å². The van der Waals surface area contributed by atoms with Gasteiger partial charge in [-0.3, -0.25) is 9.69 Å². The van der Waals surface area contributed by atoms with E-state index in [4.69, 9.17) is 9.47 Å². The van der Waals surface area contributed by atoms with Crippen LogP contribution in [0.3, 0.4) is 0 Å². The number of amides is 1. The van der Waals surface area contributed by atoms with E-state index in [1.165, 1.54) is 5.56 Å². The molecule has 2 heterocycles. The van der Waals surface area contributed by atoms with E-state index in [9.17, 15) is 4.79 Å². The maximum Gasteiger partial charge on any atom is 0.223 e. The van der Waals surface area contributed by atoms with Crippen molar-refractivity contribution in [3.63, 3.8) is 0 Å². The molecule has 4 rings (SSSR count). The van der Waals surface area contributed by atoms with Crippen LogP contribution in [0, 0.1) is 0 Å². The zero-order valence-corrected chi connectivity index (χ0v) is 17.6. The van der Waals surface area contributed by atoms with E-state index in [1.54, 1.807) is 14.2 Å². The fourth-order valence-electron chi connectivity index (χ4n) is 3.90. The van der Waals surface area contributed by atoms with Crippen molar-refractivity contribution in [1.29, 1.82) is 0 Å². The molecule has 0 bridgehead atoms. The van der Waals surface area contributed by atoms with E-state index < -0.39 is 0 Å². The average Bonchev–Trinajstić information content (AvgIpc) is 3.21. The third-order valence-electron chi connectivity index (χ3n) is 5.59. The van der Waals surface area contributed by atoms with Crippen LogP contribution in [0.1, 0.15) is 17.8 Å². The Labute approximate surface area is 176 Å². The monoisotopic (exact) mass is 408 g/mol. The van der Waals surface area contributed by atoms with Gasteiger partial charge < -0.3 is 19.4 Å². The second-order valence-electron chi connectivity index (χ2n) is 7.55.